The van der Waals surface area contributed by atoms with E-state index < -0.39 is 0 Å². The van der Waals surface area contributed by atoms with Gasteiger partial charge in [0.15, 0.2) is 11.5 Å². The third kappa shape index (κ3) is 6.94. The first-order valence-corrected chi connectivity index (χ1v) is 12.4. The van der Waals surface area contributed by atoms with Crippen molar-refractivity contribution in [3.8, 4) is 17.2 Å². The van der Waals surface area contributed by atoms with Crippen molar-refractivity contribution in [1.82, 2.24) is 25.5 Å². The molecule has 0 saturated carbocycles. The Hall–Kier alpha value is -3.14. The number of tetrazole rings is 1. The third-order valence-electron chi connectivity index (χ3n) is 5.13. The Balaban J connectivity index is 1.24. The summed E-state index contributed by atoms with van der Waals surface area (Å²) >= 11 is 8.10. The molecule has 3 aromatic carbocycles. The van der Waals surface area contributed by atoms with Crippen LogP contribution in [0, 0.1) is 5.82 Å². The molecule has 0 amide bonds. The predicted molar refractivity (Wildman–Crippen MR) is 135 cm³/mol. The van der Waals surface area contributed by atoms with Gasteiger partial charge in [-0.25, -0.2) is 4.39 Å². The standard InChI is InChI=1S/C25H25ClFN5O2S/c1-33-23-14-19(22(26)15-24(23)34-17-18-8-10-20(27)11-9-18)16-28-12-5-13-35-25-29-30-31-32(25)21-6-3-2-4-7-21/h2-4,6-11,14-15,28H,5,12-13,16-17H2,1H3. The molecule has 4 rings (SSSR count). The van der Waals surface area contributed by atoms with Crippen LogP contribution in [0.1, 0.15) is 17.5 Å². The minimum Gasteiger partial charge on any atom is -0.493 e. The fourth-order valence-corrected chi connectivity index (χ4v) is 4.36. The first-order chi connectivity index (χ1) is 17.1. The summed E-state index contributed by atoms with van der Waals surface area (Å²) in [5.74, 6) is 1.72. The molecule has 1 heterocycles. The molecule has 0 atom stereocenters. The molecule has 0 aliphatic rings. The van der Waals surface area contributed by atoms with Crippen molar-refractivity contribution in [2.75, 3.05) is 19.4 Å². The number of hydrogen-bond donors (Lipinski definition) is 1. The van der Waals surface area contributed by atoms with Crippen molar-refractivity contribution in [1.29, 1.82) is 0 Å². The van der Waals surface area contributed by atoms with Gasteiger partial charge in [-0.2, -0.15) is 4.68 Å². The molecular weight excluding hydrogens is 489 g/mol. The number of nitrogens with zero attached hydrogens (tertiary/aromatic N) is 4. The fourth-order valence-electron chi connectivity index (χ4n) is 3.31. The largest absolute Gasteiger partial charge is 0.493 e. The van der Waals surface area contributed by atoms with Gasteiger partial charge in [0, 0.05) is 23.4 Å². The fraction of sp³-hybridized carbons (Fsp3) is 0.240. The average Bonchev–Trinajstić information content (AvgIpc) is 3.35. The molecule has 0 fully saturated rings. The molecule has 0 bridgehead atoms. The van der Waals surface area contributed by atoms with Gasteiger partial charge >= 0.3 is 0 Å². The van der Waals surface area contributed by atoms with Crippen LogP contribution in [0.4, 0.5) is 4.39 Å². The van der Waals surface area contributed by atoms with Crippen LogP contribution in [-0.4, -0.2) is 39.6 Å². The summed E-state index contributed by atoms with van der Waals surface area (Å²) in [5.41, 5.74) is 2.70. The zero-order valence-electron chi connectivity index (χ0n) is 19.2. The molecule has 0 radical (unpaired) electrons. The number of ether oxygens (including phenoxy) is 2. The summed E-state index contributed by atoms with van der Waals surface area (Å²) in [6.45, 7) is 1.69. The van der Waals surface area contributed by atoms with Gasteiger partial charge in [0.05, 0.1) is 12.8 Å². The lowest BCUT2D eigenvalue weighted by Crippen LogP contribution is -2.16. The van der Waals surface area contributed by atoms with E-state index in [4.69, 9.17) is 21.1 Å². The Morgan fingerprint density at radius 2 is 1.86 bits per heavy atom. The molecule has 0 unspecified atom stereocenters. The molecule has 0 aliphatic carbocycles. The molecule has 1 N–H and O–H groups in total. The molecule has 1 aromatic heterocycles. The second kappa shape index (κ2) is 12.5. The number of aromatic nitrogens is 4. The van der Waals surface area contributed by atoms with Crippen LogP contribution in [0.3, 0.4) is 0 Å². The maximum atomic E-state index is 13.1. The highest BCUT2D eigenvalue weighted by Gasteiger charge is 2.12. The second-order valence-corrected chi connectivity index (χ2v) is 9.07. The van der Waals surface area contributed by atoms with E-state index in [0.717, 1.165) is 40.7 Å². The van der Waals surface area contributed by atoms with Gasteiger partial charge in [-0.05, 0) is 64.9 Å². The number of hydrogen-bond acceptors (Lipinski definition) is 7. The normalized spacial score (nSPS) is 10.9. The van der Waals surface area contributed by atoms with Gasteiger partial charge in [0.2, 0.25) is 5.16 Å². The van der Waals surface area contributed by atoms with Crippen molar-refractivity contribution in [2.45, 2.75) is 24.7 Å². The Labute approximate surface area is 212 Å². The van der Waals surface area contributed by atoms with Crippen LogP contribution in [0.2, 0.25) is 5.02 Å². The van der Waals surface area contributed by atoms with Gasteiger partial charge in [0.25, 0.3) is 0 Å². The van der Waals surface area contributed by atoms with E-state index in [-0.39, 0.29) is 12.4 Å². The lowest BCUT2D eigenvalue weighted by Gasteiger charge is -2.14. The smallest absolute Gasteiger partial charge is 0.214 e. The maximum absolute atomic E-state index is 13.1. The monoisotopic (exact) mass is 513 g/mol. The summed E-state index contributed by atoms with van der Waals surface area (Å²) in [6, 6.07) is 19.6. The molecule has 4 aromatic rings. The Morgan fingerprint density at radius 1 is 1.06 bits per heavy atom. The minimum absolute atomic E-state index is 0.280. The second-order valence-electron chi connectivity index (χ2n) is 7.60. The van der Waals surface area contributed by atoms with Gasteiger partial charge in [-0.3, -0.25) is 0 Å². The Kier molecular flexibility index (Phi) is 8.94. The van der Waals surface area contributed by atoms with Crippen molar-refractivity contribution in [3.63, 3.8) is 0 Å². The highest BCUT2D eigenvalue weighted by molar-refractivity contribution is 7.99. The molecular formula is C25H25ClFN5O2S. The molecule has 10 heteroatoms. The summed E-state index contributed by atoms with van der Waals surface area (Å²) in [7, 11) is 1.59. The number of rotatable bonds is 12. The molecule has 7 nitrogen and oxygen atoms in total. The van der Waals surface area contributed by atoms with Crippen LogP contribution in [0.25, 0.3) is 5.69 Å². The molecule has 182 valence electrons. The van der Waals surface area contributed by atoms with Gasteiger partial charge in [-0.1, -0.05) is 53.7 Å². The summed E-state index contributed by atoms with van der Waals surface area (Å²) in [5, 5.41) is 16.8. The van der Waals surface area contributed by atoms with Crippen molar-refractivity contribution >= 4 is 23.4 Å². The zero-order valence-corrected chi connectivity index (χ0v) is 20.7. The highest BCUT2D eigenvalue weighted by atomic mass is 35.5. The molecule has 0 spiro atoms. The summed E-state index contributed by atoms with van der Waals surface area (Å²) < 4.78 is 26.2. The van der Waals surface area contributed by atoms with E-state index in [2.05, 4.69) is 20.8 Å². The summed E-state index contributed by atoms with van der Waals surface area (Å²) in [4.78, 5) is 0. The van der Waals surface area contributed by atoms with E-state index in [0.29, 0.717) is 23.1 Å². The number of nitrogens with one attached hydrogen (secondary N) is 1. The first-order valence-electron chi connectivity index (χ1n) is 11.0. The van der Waals surface area contributed by atoms with Crippen LogP contribution in [0.5, 0.6) is 11.5 Å². The zero-order chi connectivity index (χ0) is 24.5. The quantitative estimate of drug-likeness (QED) is 0.203. The van der Waals surface area contributed by atoms with Gasteiger partial charge < -0.3 is 14.8 Å². The Bertz CT molecular complexity index is 1220. The SMILES string of the molecule is COc1cc(CNCCCSc2nnnn2-c2ccccc2)c(Cl)cc1OCc1ccc(F)cc1. The third-order valence-corrected chi connectivity index (χ3v) is 6.48. The Morgan fingerprint density at radius 3 is 2.63 bits per heavy atom. The molecule has 0 aliphatic heterocycles. The lowest BCUT2D eigenvalue weighted by molar-refractivity contribution is 0.284. The first kappa shape index (κ1) is 25.0. The van der Waals surface area contributed by atoms with E-state index in [1.165, 1.54) is 12.1 Å². The van der Waals surface area contributed by atoms with E-state index >= 15 is 0 Å². The van der Waals surface area contributed by atoms with Crippen molar-refractivity contribution in [2.24, 2.45) is 0 Å². The number of para-hydroxylation sites is 1. The molecule has 35 heavy (non-hydrogen) atoms. The number of thioether (sulfide) groups is 1. The minimum atomic E-state index is -0.280. The van der Waals surface area contributed by atoms with E-state index in [9.17, 15) is 4.39 Å². The van der Waals surface area contributed by atoms with Crippen LogP contribution >= 0.6 is 23.4 Å². The predicted octanol–water partition coefficient (Wildman–Crippen LogP) is 5.31. The van der Waals surface area contributed by atoms with Crippen LogP contribution in [-0.2, 0) is 13.2 Å². The van der Waals surface area contributed by atoms with Gasteiger partial charge in [0.1, 0.15) is 12.4 Å². The van der Waals surface area contributed by atoms with Crippen LogP contribution in [0.15, 0.2) is 71.9 Å². The number of benzene rings is 3. The number of methoxy groups -OCH3 is 1. The van der Waals surface area contributed by atoms with E-state index in [1.807, 2.05) is 36.4 Å². The summed E-state index contributed by atoms with van der Waals surface area (Å²) in [6.07, 6.45) is 0.930. The van der Waals surface area contributed by atoms with E-state index in [1.54, 1.807) is 41.8 Å². The molecule has 0 saturated heterocycles. The van der Waals surface area contributed by atoms with Crippen molar-refractivity contribution in [3.05, 3.63) is 88.7 Å². The topological polar surface area (TPSA) is 74.1 Å². The van der Waals surface area contributed by atoms with Crippen LogP contribution < -0.4 is 14.8 Å². The number of halogens is 2. The average molecular weight is 514 g/mol. The highest BCUT2D eigenvalue weighted by Crippen LogP contribution is 2.34. The van der Waals surface area contributed by atoms with Gasteiger partial charge in [-0.15, -0.1) is 5.10 Å². The van der Waals surface area contributed by atoms with Crippen molar-refractivity contribution < 1.29 is 13.9 Å². The maximum Gasteiger partial charge on any atom is 0.214 e. The lowest BCUT2D eigenvalue weighted by atomic mass is 10.2.